The highest BCUT2D eigenvalue weighted by molar-refractivity contribution is 7.46. The van der Waals surface area contributed by atoms with Crippen molar-refractivity contribution in [3.63, 3.8) is 0 Å². The van der Waals surface area contributed by atoms with Crippen LogP contribution >= 0.6 is 7.82 Å². The van der Waals surface area contributed by atoms with E-state index >= 15 is 0 Å². The van der Waals surface area contributed by atoms with Crippen LogP contribution in [0.15, 0.2) is 30.3 Å². The summed E-state index contributed by atoms with van der Waals surface area (Å²) < 4.78 is 37.3. The zero-order valence-electron chi connectivity index (χ0n) is 20.1. The molecule has 8 nitrogen and oxygen atoms in total. The Kier molecular flexibility index (Phi) is 18.6. The maximum absolute atomic E-state index is 10.5. The van der Waals surface area contributed by atoms with Gasteiger partial charge in [0.05, 0.1) is 46.2 Å². The summed E-state index contributed by atoms with van der Waals surface area (Å²) in [4.78, 5) is 17.1. The van der Waals surface area contributed by atoms with Crippen molar-refractivity contribution in [3.8, 4) is 5.75 Å². The summed E-state index contributed by atoms with van der Waals surface area (Å²) in [5.74, 6) is 0.863. The van der Waals surface area contributed by atoms with E-state index in [9.17, 15) is 4.57 Å². The van der Waals surface area contributed by atoms with Crippen molar-refractivity contribution < 1.29 is 37.8 Å². The number of unbranched alkanes of at least 4 members (excludes halogenated alkanes) is 7. The molecular weight excluding hydrogens is 447 g/mol. The minimum atomic E-state index is -4.43. The van der Waals surface area contributed by atoms with E-state index in [4.69, 9.17) is 28.7 Å². The zero-order chi connectivity index (χ0) is 24.0. The van der Waals surface area contributed by atoms with E-state index in [-0.39, 0.29) is 19.3 Å². The molecule has 0 spiro atoms. The van der Waals surface area contributed by atoms with Crippen LogP contribution in [0.2, 0.25) is 0 Å². The van der Waals surface area contributed by atoms with Gasteiger partial charge in [-0.05, 0) is 25.0 Å². The van der Waals surface area contributed by atoms with E-state index in [0.29, 0.717) is 33.0 Å². The Labute approximate surface area is 199 Å². The summed E-state index contributed by atoms with van der Waals surface area (Å²) in [6, 6.07) is 9.85. The maximum atomic E-state index is 10.5. The lowest BCUT2D eigenvalue weighted by Gasteiger charge is -2.19. The summed E-state index contributed by atoms with van der Waals surface area (Å²) in [5.41, 5.74) is 0. The first-order valence-electron chi connectivity index (χ1n) is 12.2. The molecule has 0 bridgehead atoms. The lowest BCUT2D eigenvalue weighted by molar-refractivity contribution is -0.00956. The number of hydrogen-bond donors (Lipinski definition) is 2. The largest absolute Gasteiger partial charge is 0.488 e. The molecule has 0 aliphatic carbocycles. The molecular formula is C24H43O8P. The number of phosphoric acid groups is 1. The van der Waals surface area contributed by atoms with Gasteiger partial charge in [0, 0.05) is 0 Å². The van der Waals surface area contributed by atoms with Gasteiger partial charge in [-0.3, -0.25) is 4.52 Å². The summed E-state index contributed by atoms with van der Waals surface area (Å²) in [6.45, 7) is 4.31. The fourth-order valence-electron chi connectivity index (χ4n) is 3.24. The predicted molar refractivity (Wildman–Crippen MR) is 129 cm³/mol. The third kappa shape index (κ3) is 20.1. The summed E-state index contributed by atoms with van der Waals surface area (Å²) >= 11 is 0. The van der Waals surface area contributed by atoms with Crippen LogP contribution in [0.3, 0.4) is 0 Å². The Morgan fingerprint density at radius 1 is 0.758 bits per heavy atom. The Morgan fingerprint density at radius 2 is 1.30 bits per heavy atom. The second-order valence-corrected chi connectivity index (χ2v) is 9.18. The van der Waals surface area contributed by atoms with Gasteiger partial charge < -0.3 is 28.7 Å². The van der Waals surface area contributed by atoms with Crippen LogP contribution < -0.4 is 4.74 Å². The molecule has 0 fully saturated rings. The van der Waals surface area contributed by atoms with Crippen LogP contribution in [0.5, 0.6) is 5.75 Å². The monoisotopic (exact) mass is 490 g/mol. The molecule has 1 aromatic carbocycles. The SMILES string of the molecule is CCCCCCCCCCC(COCCOCCOCCOP(=O)(O)O)Oc1ccccc1. The third-order valence-corrected chi connectivity index (χ3v) is 5.48. The topological polar surface area (TPSA) is 104 Å². The Bertz CT molecular complexity index is 595. The first-order chi connectivity index (χ1) is 16.0. The predicted octanol–water partition coefficient (Wildman–Crippen LogP) is 5.12. The van der Waals surface area contributed by atoms with Crippen molar-refractivity contribution in [2.75, 3.05) is 46.2 Å². The van der Waals surface area contributed by atoms with E-state index < -0.39 is 7.82 Å². The zero-order valence-corrected chi connectivity index (χ0v) is 21.0. The maximum Gasteiger partial charge on any atom is 0.469 e. The van der Waals surface area contributed by atoms with Gasteiger partial charge in [-0.25, -0.2) is 4.57 Å². The van der Waals surface area contributed by atoms with Crippen LogP contribution in [-0.4, -0.2) is 62.1 Å². The molecule has 1 aromatic rings. The quantitative estimate of drug-likeness (QED) is 0.161. The van der Waals surface area contributed by atoms with Crippen molar-refractivity contribution in [2.24, 2.45) is 0 Å². The average molecular weight is 491 g/mol. The lowest BCUT2D eigenvalue weighted by atomic mass is 10.1. The average Bonchev–Trinajstić information content (AvgIpc) is 2.79. The highest BCUT2D eigenvalue weighted by Gasteiger charge is 2.13. The molecule has 0 radical (unpaired) electrons. The van der Waals surface area contributed by atoms with Crippen molar-refractivity contribution >= 4 is 7.82 Å². The van der Waals surface area contributed by atoms with Gasteiger partial charge >= 0.3 is 7.82 Å². The molecule has 192 valence electrons. The van der Waals surface area contributed by atoms with E-state index in [2.05, 4.69) is 11.4 Å². The molecule has 0 aromatic heterocycles. The van der Waals surface area contributed by atoms with Crippen molar-refractivity contribution in [3.05, 3.63) is 30.3 Å². The fraction of sp³-hybridized carbons (Fsp3) is 0.750. The van der Waals surface area contributed by atoms with Gasteiger partial charge in [-0.15, -0.1) is 0 Å². The van der Waals surface area contributed by atoms with Crippen LogP contribution in [0.4, 0.5) is 0 Å². The van der Waals surface area contributed by atoms with Gasteiger partial charge in [0.2, 0.25) is 0 Å². The second kappa shape index (κ2) is 20.4. The first kappa shape index (κ1) is 30.0. The molecule has 1 rings (SSSR count). The van der Waals surface area contributed by atoms with E-state index in [0.717, 1.165) is 18.6 Å². The molecule has 2 N–H and O–H groups in total. The van der Waals surface area contributed by atoms with Gasteiger partial charge in [0.15, 0.2) is 0 Å². The van der Waals surface area contributed by atoms with Gasteiger partial charge in [0.25, 0.3) is 0 Å². The van der Waals surface area contributed by atoms with Gasteiger partial charge in [-0.2, -0.15) is 0 Å². The molecule has 0 saturated carbocycles. The van der Waals surface area contributed by atoms with Crippen LogP contribution in [0.1, 0.15) is 64.7 Å². The molecule has 0 amide bonds. The van der Waals surface area contributed by atoms with Crippen molar-refractivity contribution in [2.45, 2.75) is 70.8 Å². The highest BCUT2D eigenvalue weighted by atomic mass is 31.2. The van der Waals surface area contributed by atoms with E-state index in [1.807, 2.05) is 30.3 Å². The third-order valence-electron chi connectivity index (χ3n) is 4.96. The second-order valence-electron chi connectivity index (χ2n) is 7.94. The number of benzene rings is 1. The standard InChI is InChI=1S/C24H43O8P/c1-2-3-4-5-6-7-8-10-15-24(32-23-13-11-9-12-14-23)22-30-19-18-28-16-17-29-20-21-31-33(25,26)27/h9,11-14,24H,2-8,10,15-22H2,1H3,(H2,25,26,27). The van der Waals surface area contributed by atoms with Crippen LogP contribution in [-0.2, 0) is 23.3 Å². The van der Waals surface area contributed by atoms with Crippen molar-refractivity contribution in [1.82, 2.24) is 0 Å². The van der Waals surface area contributed by atoms with Crippen molar-refractivity contribution in [1.29, 1.82) is 0 Å². The summed E-state index contributed by atoms with van der Waals surface area (Å²) in [7, 11) is -4.43. The normalized spacial score (nSPS) is 12.7. The first-order valence-corrected chi connectivity index (χ1v) is 13.7. The summed E-state index contributed by atoms with van der Waals surface area (Å²) in [5, 5.41) is 0. The van der Waals surface area contributed by atoms with Crippen LogP contribution in [0.25, 0.3) is 0 Å². The molecule has 0 aliphatic rings. The molecule has 0 heterocycles. The van der Waals surface area contributed by atoms with E-state index in [1.165, 1.54) is 44.9 Å². The van der Waals surface area contributed by atoms with Gasteiger partial charge in [-0.1, -0.05) is 70.1 Å². The number of phosphoric ester groups is 1. The smallest absolute Gasteiger partial charge is 0.469 e. The summed E-state index contributed by atoms with van der Waals surface area (Å²) in [6.07, 6.45) is 11.3. The Morgan fingerprint density at radius 3 is 1.91 bits per heavy atom. The molecule has 33 heavy (non-hydrogen) atoms. The van der Waals surface area contributed by atoms with E-state index in [1.54, 1.807) is 0 Å². The Balaban J connectivity index is 2.11. The molecule has 1 atom stereocenters. The molecule has 0 aliphatic heterocycles. The fourth-order valence-corrected chi connectivity index (χ4v) is 3.56. The number of para-hydroxylation sites is 1. The van der Waals surface area contributed by atoms with Gasteiger partial charge in [0.1, 0.15) is 11.9 Å². The molecule has 0 saturated heterocycles. The lowest BCUT2D eigenvalue weighted by Crippen LogP contribution is -2.24. The number of rotatable bonds is 23. The number of ether oxygens (including phenoxy) is 4. The molecule has 9 heteroatoms. The minimum Gasteiger partial charge on any atom is -0.488 e. The van der Waals surface area contributed by atoms with Crippen LogP contribution in [0, 0.1) is 0 Å². The molecule has 1 unspecified atom stereocenters. The number of hydrogen-bond acceptors (Lipinski definition) is 6. The highest BCUT2D eigenvalue weighted by Crippen LogP contribution is 2.35. The minimum absolute atomic E-state index is 0.0184. The Hall–Kier alpha value is -0.990.